The second kappa shape index (κ2) is 8.06. The molecular weight excluding hydrogens is 366 g/mol. The minimum Gasteiger partial charge on any atom is -0.308 e. The third-order valence-corrected chi connectivity index (χ3v) is 5.24. The molecule has 0 bridgehead atoms. The SMILES string of the molecule is Cc1cc(-c2ccc(NC(=O)Nc3ccccc3-c3cccs3)cc2)ccn1. The zero-order valence-corrected chi connectivity index (χ0v) is 16.2. The van der Waals surface area contributed by atoms with Crippen LogP contribution in [0.3, 0.4) is 0 Å². The van der Waals surface area contributed by atoms with Gasteiger partial charge in [-0.3, -0.25) is 4.98 Å². The number of carbonyl (C=O) groups excluding carboxylic acids is 1. The zero-order chi connectivity index (χ0) is 19.3. The number of rotatable bonds is 4. The Morgan fingerprint density at radius 2 is 1.71 bits per heavy atom. The first-order valence-electron chi connectivity index (χ1n) is 8.93. The van der Waals surface area contributed by atoms with E-state index in [1.807, 2.05) is 85.1 Å². The summed E-state index contributed by atoms with van der Waals surface area (Å²) in [7, 11) is 0. The molecule has 4 rings (SSSR count). The van der Waals surface area contributed by atoms with Gasteiger partial charge in [-0.2, -0.15) is 0 Å². The molecule has 0 aliphatic heterocycles. The first kappa shape index (κ1) is 17.9. The molecule has 2 heterocycles. The summed E-state index contributed by atoms with van der Waals surface area (Å²) in [5.41, 5.74) is 5.69. The van der Waals surface area contributed by atoms with E-state index in [4.69, 9.17) is 0 Å². The summed E-state index contributed by atoms with van der Waals surface area (Å²) in [4.78, 5) is 17.8. The van der Waals surface area contributed by atoms with Crippen molar-refractivity contribution in [3.63, 3.8) is 0 Å². The van der Waals surface area contributed by atoms with Crippen molar-refractivity contribution in [1.82, 2.24) is 4.98 Å². The number of aromatic nitrogens is 1. The Morgan fingerprint density at radius 3 is 2.46 bits per heavy atom. The van der Waals surface area contributed by atoms with Crippen molar-refractivity contribution >= 4 is 28.7 Å². The number of hydrogen-bond acceptors (Lipinski definition) is 3. The van der Waals surface area contributed by atoms with Gasteiger partial charge in [-0.05, 0) is 59.8 Å². The molecule has 2 amide bonds. The molecule has 4 aromatic rings. The predicted molar refractivity (Wildman–Crippen MR) is 117 cm³/mol. The molecule has 2 aromatic carbocycles. The van der Waals surface area contributed by atoms with Gasteiger partial charge < -0.3 is 10.6 Å². The highest BCUT2D eigenvalue weighted by Gasteiger charge is 2.09. The number of carbonyl (C=O) groups is 1. The van der Waals surface area contributed by atoms with Crippen LogP contribution >= 0.6 is 11.3 Å². The van der Waals surface area contributed by atoms with E-state index in [1.54, 1.807) is 17.5 Å². The van der Waals surface area contributed by atoms with Crippen LogP contribution in [0.1, 0.15) is 5.69 Å². The summed E-state index contributed by atoms with van der Waals surface area (Å²) in [6, 6.07) is 23.4. The van der Waals surface area contributed by atoms with Crippen LogP contribution in [0.2, 0.25) is 0 Å². The second-order valence-electron chi connectivity index (χ2n) is 6.37. The summed E-state index contributed by atoms with van der Waals surface area (Å²) < 4.78 is 0. The molecule has 5 heteroatoms. The maximum absolute atomic E-state index is 12.5. The number of hydrogen-bond donors (Lipinski definition) is 2. The van der Waals surface area contributed by atoms with Crippen molar-refractivity contribution in [3.8, 4) is 21.6 Å². The van der Waals surface area contributed by atoms with Gasteiger partial charge in [-0.25, -0.2) is 4.79 Å². The summed E-state index contributed by atoms with van der Waals surface area (Å²) in [6.45, 7) is 1.97. The van der Waals surface area contributed by atoms with Crippen LogP contribution in [0.5, 0.6) is 0 Å². The molecule has 28 heavy (non-hydrogen) atoms. The summed E-state index contributed by atoms with van der Waals surface area (Å²) >= 11 is 1.65. The van der Waals surface area contributed by atoms with E-state index in [1.165, 1.54) is 0 Å². The quantitative estimate of drug-likeness (QED) is 0.425. The average Bonchev–Trinajstić information content (AvgIpc) is 3.23. The molecule has 0 fully saturated rings. The number of pyridine rings is 1. The number of nitrogens with zero attached hydrogens (tertiary/aromatic N) is 1. The Bertz CT molecular complexity index is 1090. The highest BCUT2D eigenvalue weighted by molar-refractivity contribution is 7.13. The normalized spacial score (nSPS) is 10.5. The Hall–Kier alpha value is -3.44. The van der Waals surface area contributed by atoms with Gasteiger partial charge in [0.25, 0.3) is 0 Å². The molecule has 0 spiro atoms. The van der Waals surface area contributed by atoms with Gasteiger partial charge in [-0.1, -0.05) is 36.4 Å². The number of amides is 2. The molecule has 0 saturated carbocycles. The van der Waals surface area contributed by atoms with E-state index in [0.717, 1.165) is 38.6 Å². The van der Waals surface area contributed by atoms with Gasteiger partial charge in [0, 0.05) is 28.0 Å². The fourth-order valence-electron chi connectivity index (χ4n) is 2.99. The molecule has 0 unspecified atom stereocenters. The van der Waals surface area contributed by atoms with Crippen molar-refractivity contribution in [3.05, 3.63) is 90.1 Å². The maximum Gasteiger partial charge on any atom is 0.323 e. The molecule has 0 aliphatic rings. The van der Waals surface area contributed by atoms with E-state index in [2.05, 4.69) is 15.6 Å². The molecule has 4 nitrogen and oxygen atoms in total. The van der Waals surface area contributed by atoms with Crippen LogP contribution in [0.15, 0.2) is 84.4 Å². The van der Waals surface area contributed by atoms with Crippen molar-refractivity contribution < 1.29 is 4.79 Å². The highest BCUT2D eigenvalue weighted by Crippen LogP contribution is 2.31. The third-order valence-electron chi connectivity index (χ3n) is 4.33. The van der Waals surface area contributed by atoms with E-state index >= 15 is 0 Å². The average molecular weight is 385 g/mol. The minimum atomic E-state index is -0.267. The van der Waals surface area contributed by atoms with E-state index < -0.39 is 0 Å². The molecule has 0 radical (unpaired) electrons. The van der Waals surface area contributed by atoms with Gasteiger partial charge in [0.1, 0.15) is 0 Å². The fourth-order valence-corrected chi connectivity index (χ4v) is 3.76. The molecule has 0 atom stereocenters. The lowest BCUT2D eigenvalue weighted by Gasteiger charge is -2.11. The molecule has 2 N–H and O–H groups in total. The first-order chi connectivity index (χ1) is 13.7. The molecule has 138 valence electrons. The summed E-state index contributed by atoms with van der Waals surface area (Å²) in [5, 5.41) is 7.87. The molecule has 0 saturated heterocycles. The topological polar surface area (TPSA) is 54.0 Å². The smallest absolute Gasteiger partial charge is 0.308 e. The van der Waals surface area contributed by atoms with Gasteiger partial charge in [0.15, 0.2) is 0 Å². The fraction of sp³-hybridized carbons (Fsp3) is 0.0435. The lowest BCUT2D eigenvalue weighted by atomic mass is 10.1. The number of para-hydroxylation sites is 1. The zero-order valence-electron chi connectivity index (χ0n) is 15.3. The Balaban J connectivity index is 1.46. The van der Waals surface area contributed by atoms with E-state index in [0.29, 0.717) is 0 Å². The summed E-state index contributed by atoms with van der Waals surface area (Å²) in [5.74, 6) is 0. The monoisotopic (exact) mass is 385 g/mol. The Morgan fingerprint density at radius 1 is 0.893 bits per heavy atom. The number of benzene rings is 2. The van der Waals surface area contributed by atoms with Crippen LogP contribution in [0, 0.1) is 6.92 Å². The standard InChI is InChI=1S/C23H19N3OS/c1-16-15-18(12-13-24-16)17-8-10-19(11-9-17)25-23(27)26-21-6-3-2-5-20(21)22-7-4-14-28-22/h2-15H,1H3,(H2,25,26,27). The predicted octanol–water partition coefficient (Wildman–Crippen LogP) is 6.43. The lowest BCUT2D eigenvalue weighted by molar-refractivity contribution is 0.262. The van der Waals surface area contributed by atoms with E-state index in [9.17, 15) is 4.79 Å². The largest absolute Gasteiger partial charge is 0.323 e. The molecule has 0 aliphatic carbocycles. The number of urea groups is 1. The first-order valence-corrected chi connectivity index (χ1v) is 9.81. The van der Waals surface area contributed by atoms with Crippen LogP contribution < -0.4 is 10.6 Å². The maximum atomic E-state index is 12.5. The second-order valence-corrected chi connectivity index (χ2v) is 7.31. The number of anilines is 2. The van der Waals surface area contributed by atoms with Gasteiger partial charge in [-0.15, -0.1) is 11.3 Å². The Kier molecular flexibility index (Phi) is 5.17. The minimum absolute atomic E-state index is 0.267. The number of aryl methyl sites for hydroxylation is 1. The van der Waals surface area contributed by atoms with Crippen molar-refractivity contribution in [2.24, 2.45) is 0 Å². The lowest BCUT2D eigenvalue weighted by Crippen LogP contribution is -2.19. The summed E-state index contributed by atoms with van der Waals surface area (Å²) in [6.07, 6.45) is 1.80. The van der Waals surface area contributed by atoms with E-state index in [-0.39, 0.29) is 6.03 Å². The van der Waals surface area contributed by atoms with Gasteiger partial charge >= 0.3 is 6.03 Å². The third kappa shape index (κ3) is 4.10. The van der Waals surface area contributed by atoms with Crippen molar-refractivity contribution in [2.45, 2.75) is 6.92 Å². The molecular formula is C23H19N3OS. The van der Waals surface area contributed by atoms with Crippen LogP contribution in [0.4, 0.5) is 16.2 Å². The number of thiophene rings is 1. The van der Waals surface area contributed by atoms with Gasteiger partial charge in [0.2, 0.25) is 0 Å². The Labute approximate surface area is 167 Å². The van der Waals surface area contributed by atoms with Crippen molar-refractivity contribution in [2.75, 3.05) is 10.6 Å². The number of nitrogens with one attached hydrogen (secondary N) is 2. The highest BCUT2D eigenvalue weighted by atomic mass is 32.1. The van der Waals surface area contributed by atoms with Gasteiger partial charge in [0.05, 0.1) is 5.69 Å². The van der Waals surface area contributed by atoms with Crippen LogP contribution in [-0.4, -0.2) is 11.0 Å². The van der Waals surface area contributed by atoms with Crippen molar-refractivity contribution in [1.29, 1.82) is 0 Å². The molecule has 2 aromatic heterocycles. The van der Waals surface area contributed by atoms with Crippen LogP contribution in [-0.2, 0) is 0 Å². The van der Waals surface area contributed by atoms with Crippen LogP contribution in [0.25, 0.3) is 21.6 Å².